The van der Waals surface area contributed by atoms with Crippen molar-refractivity contribution in [2.24, 2.45) is 11.0 Å². The minimum atomic E-state index is 0.0956. The van der Waals surface area contributed by atoms with Crippen molar-refractivity contribution in [1.82, 2.24) is 24.7 Å². The molecular weight excluding hydrogens is 412 g/mol. The third-order valence-corrected chi connectivity index (χ3v) is 6.26. The standard InChI is InChI=1S/C25H30N8/c1-6-20-24-30-29-18(5)32(24)22-15-26-25(28-23(22)31(20)16(2)3)33-21(13-12-17(4)14-27-33)19-10-8-7-9-11-19/h7-11,13-17,20H,6,12H2,1-5H3. The average Bonchev–Trinajstić information content (AvgIpc) is 3.10. The van der Waals surface area contributed by atoms with E-state index in [0.29, 0.717) is 11.9 Å². The van der Waals surface area contributed by atoms with Crippen LogP contribution < -0.4 is 9.91 Å². The van der Waals surface area contributed by atoms with Gasteiger partial charge >= 0.3 is 0 Å². The van der Waals surface area contributed by atoms with Gasteiger partial charge in [0.05, 0.1) is 17.9 Å². The molecule has 0 bridgehead atoms. The zero-order valence-electron chi connectivity index (χ0n) is 19.8. The minimum Gasteiger partial charge on any atom is -0.342 e. The summed E-state index contributed by atoms with van der Waals surface area (Å²) in [5, 5.41) is 15.5. The molecule has 2 atom stereocenters. The molecule has 0 radical (unpaired) electrons. The lowest BCUT2D eigenvalue weighted by molar-refractivity contribution is 0.496. The Labute approximate surface area is 194 Å². The first-order valence-electron chi connectivity index (χ1n) is 11.7. The molecular formula is C25H30N8. The Morgan fingerprint density at radius 1 is 1.12 bits per heavy atom. The topological polar surface area (TPSA) is 75.3 Å². The van der Waals surface area contributed by atoms with Gasteiger partial charge in [-0.3, -0.25) is 4.57 Å². The second-order valence-electron chi connectivity index (χ2n) is 8.99. The monoisotopic (exact) mass is 442 g/mol. The summed E-state index contributed by atoms with van der Waals surface area (Å²) in [6, 6.07) is 10.6. The summed E-state index contributed by atoms with van der Waals surface area (Å²) in [5.74, 6) is 3.57. The van der Waals surface area contributed by atoms with Gasteiger partial charge in [-0.25, -0.2) is 4.98 Å². The van der Waals surface area contributed by atoms with E-state index in [4.69, 9.17) is 15.1 Å². The molecule has 2 unspecified atom stereocenters. The highest BCUT2D eigenvalue weighted by atomic mass is 15.5. The maximum atomic E-state index is 5.11. The molecule has 0 aliphatic carbocycles. The van der Waals surface area contributed by atoms with Gasteiger partial charge in [-0.15, -0.1) is 10.2 Å². The number of nitrogens with zero attached hydrogens (tertiary/aromatic N) is 8. The fourth-order valence-corrected chi connectivity index (χ4v) is 4.65. The summed E-state index contributed by atoms with van der Waals surface area (Å²) in [5.41, 5.74) is 3.00. The lowest BCUT2D eigenvalue weighted by Crippen LogP contribution is -2.40. The smallest absolute Gasteiger partial charge is 0.253 e. The minimum absolute atomic E-state index is 0.0956. The van der Waals surface area contributed by atoms with Crippen LogP contribution in [0.1, 0.15) is 63.8 Å². The summed E-state index contributed by atoms with van der Waals surface area (Å²) in [6.45, 7) is 10.7. The van der Waals surface area contributed by atoms with Crippen molar-refractivity contribution in [2.75, 3.05) is 9.91 Å². The number of aryl methyl sites for hydroxylation is 1. The van der Waals surface area contributed by atoms with Crippen LogP contribution in [0.4, 0.5) is 11.8 Å². The first-order chi connectivity index (χ1) is 16.0. The van der Waals surface area contributed by atoms with Gasteiger partial charge in [0.1, 0.15) is 11.5 Å². The maximum Gasteiger partial charge on any atom is 0.253 e. The molecule has 8 nitrogen and oxygen atoms in total. The third-order valence-electron chi connectivity index (χ3n) is 6.26. The number of hydrogen-bond donors (Lipinski definition) is 0. The number of rotatable bonds is 4. The zero-order valence-corrected chi connectivity index (χ0v) is 19.8. The van der Waals surface area contributed by atoms with Crippen LogP contribution in [0.2, 0.25) is 0 Å². The lowest BCUT2D eigenvalue weighted by atomic mass is 10.1. The molecule has 33 heavy (non-hydrogen) atoms. The van der Waals surface area contributed by atoms with Crippen LogP contribution in [-0.4, -0.2) is 37.0 Å². The van der Waals surface area contributed by atoms with Crippen molar-refractivity contribution in [3.8, 4) is 5.69 Å². The van der Waals surface area contributed by atoms with E-state index in [-0.39, 0.29) is 12.1 Å². The first-order valence-corrected chi connectivity index (χ1v) is 11.7. The van der Waals surface area contributed by atoms with Crippen LogP contribution in [0.15, 0.2) is 47.7 Å². The van der Waals surface area contributed by atoms with Gasteiger partial charge in [0.25, 0.3) is 5.95 Å². The highest BCUT2D eigenvalue weighted by Gasteiger charge is 2.36. The van der Waals surface area contributed by atoms with Crippen LogP contribution in [0.5, 0.6) is 0 Å². The Morgan fingerprint density at radius 2 is 1.91 bits per heavy atom. The number of hydrogen-bond acceptors (Lipinski definition) is 7. The molecule has 0 N–H and O–H groups in total. The third kappa shape index (κ3) is 3.59. The first kappa shape index (κ1) is 21.3. The average molecular weight is 443 g/mol. The van der Waals surface area contributed by atoms with Gasteiger partial charge in [-0.1, -0.05) is 50.3 Å². The molecule has 8 heteroatoms. The molecule has 2 aromatic heterocycles. The van der Waals surface area contributed by atoms with E-state index in [9.17, 15) is 0 Å². The summed E-state index contributed by atoms with van der Waals surface area (Å²) in [6.07, 6.45) is 7.91. The van der Waals surface area contributed by atoms with Crippen LogP contribution in [0.25, 0.3) is 11.4 Å². The molecule has 0 amide bonds. The Bertz CT molecular complexity index is 1210. The molecule has 0 spiro atoms. The Balaban J connectivity index is 1.68. The number of anilines is 2. The number of allylic oxidation sites excluding steroid dienone is 1. The Hall–Kier alpha value is -3.55. The predicted molar refractivity (Wildman–Crippen MR) is 132 cm³/mol. The molecule has 2 aliphatic heterocycles. The zero-order chi connectivity index (χ0) is 23.1. The van der Waals surface area contributed by atoms with E-state index in [1.807, 2.05) is 42.5 Å². The Morgan fingerprint density at radius 3 is 2.64 bits per heavy atom. The number of hydrazone groups is 1. The predicted octanol–water partition coefficient (Wildman–Crippen LogP) is 4.92. The quantitative estimate of drug-likeness (QED) is 0.571. The molecule has 2 aliphatic rings. The van der Waals surface area contributed by atoms with E-state index in [1.54, 1.807) is 0 Å². The molecule has 1 aromatic carbocycles. The number of benzene rings is 1. The number of aromatic nitrogens is 5. The van der Waals surface area contributed by atoms with Crippen molar-refractivity contribution in [2.45, 2.75) is 59.5 Å². The second kappa shape index (κ2) is 8.42. The van der Waals surface area contributed by atoms with Gasteiger partial charge in [0.15, 0.2) is 11.6 Å². The van der Waals surface area contributed by atoms with Crippen molar-refractivity contribution in [3.63, 3.8) is 0 Å². The molecule has 0 saturated carbocycles. The van der Waals surface area contributed by atoms with Crippen LogP contribution in [0, 0.1) is 12.8 Å². The summed E-state index contributed by atoms with van der Waals surface area (Å²) >= 11 is 0. The molecule has 0 saturated heterocycles. The van der Waals surface area contributed by atoms with Gasteiger partial charge in [0.2, 0.25) is 0 Å². The molecule has 0 fully saturated rings. The summed E-state index contributed by atoms with van der Waals surface area (Å²) in [7, 11) is 0. The molecule has 4 heterocycles. The van der Waals surface area contributed by atoms with E-state index >= 15 is 0 Å². The fraction of sp³-hybridized carbons (Fsp3) is 0.400. The molecule has 3 aromatic rings. The van der Waals surface area contributed by atoms with Crippen molar-refractivity contribution in [1.29, 1.82) is 0 Å². The highest BCUT2D eigenvalue weighted by Crippen LogP contribution is 2.41. The lowest BCUT2D eigenvalue weighted by Gasteiger charge is -2.40. The van der Waals surface area contributed by atoms with Gasteiger partial charge < -0.3 is 4.90 Å². The maximum absolute atomic E-state index is 5.11. The van der Waals surface area contributed by atoms with Gasteiger partial charge in [0, 0.05) is 12.3 Å². The summed E-state index contributed by atoms with van der Waals surface area (Å²) < 4.78 is 2.09. The van der Waals surface area contributed by atoms with Gasteiger partial charge in [-0.2, -0.15) is 15.1 Å². The SMILES string of the molecule is CCC1c2nnc(C)n2-c2cnc(N3N=CC(C)CC=C3c3ccccc3)nc2N1C(C)C. The second-order valence-corrected chi connectivity index (χ2v) is 8.99. The largest absolute Gasteiger partial charge is 0.342 e. The van der Waals surface area contributed by atoms with E-state index in [0.717, 1.165) is 47.3 Å². The Kier molecular flexibility index (Phi) is 5.44. The van der Waals surface area contributed by atoms with E-state index in [1.165, 1.54) is 0 Å². The summed E-state index contributed by atoms with van der Waals surface area (Å²) in [4.78, 5) is 12.2. The van der Waals surface area contributed by atoms with E-state index in [2.05, 4.69) is 65.6 Å². The molecule has 5 rings (SSSR count). The van der Waals surface area contributed by atoms with Crippen LogP contribution in [-0.2, 0) is 0 Å². The highest BCUT2D eigenvalue weighted by molar-refractivity contribution is 5.81. The number of fused-ring (bicyclic) bond motifs is 3. The van der Waals surface area contributed by atoms with E-state index < -0.39 is 0 Å². The van der Waals surface area contributed by atoms with Crippen molar-refractivity contribution < 1.29 is 0 Å². The van der Waals surface area contributed by atoms with Crippen molar-refractivity contribution in [3.05, 3.63) is 59.8 Å². The van der Waals surface area contributed by atoms with Crippen LogP contribution >= 0.6 is 0 Å². The van der Waals surface area contributed by atoms with Crippen LogP contribution in [0.3, 0.4) is 0 Å². The van der Waals surface area contributed by atoms with Gasteiger partial charge in [-0.05, 0) is 45.1 Å². The molecule has 170 valence electrons. The normalized spacial score (nSPS) is 19.9. The fourth-order valence-electron chi connectivity index (χ4n) is 4.65. The van der Waals surface area contributed by atoms with Crippen molar-refractivity contribution >= 4 is 23.7 Å².